The average Bonchev–Trinajstić information content (AvgIpc) is 2.17. The fourth-order valence-corrected chi connectivity index (χ4v) is 2.41. The topological polar surface area (TPSA) is 40.5 Å². The largest absolute Gasteiger partial charge is 0.481 e. The number of likely N-dealkylation sites (tertiary alicyclic amines) is 1. The van der Waals surface area contributed by atoms with Crippen LogP contribution in [-0.4, -0.2) is 35.1 Å². The third-order valence-corrected chi connectivity index (χ3v) is 3.61. The Morgan fingerprint density at radius 1 is 1.33 bits per heavy atom. The lowest BCUT2D eigenvalue weighted by molar-refractivity contribution is -0.138. The molecule has 0 aromatic carbocycles. The predicted molar refractivity (Wildman–Crippen MR) is 60.8 cm³/mol. The van der Waals surface area contributed by atoms with E-state index in [1.165, 1.54) is 12.8 Å². The van der Waals surface area contributed by atoms with Crippen LogP contribution >= 0.6 is 0 Å². The number of hydrogen-bond donors (Lipinski definition) is 1. The van der Waals surface area contributed by atoms with Crippen LogP contribution in [-0.2, 0) is 4.79 Å². The van der Waals surface area contributed by atoms with Crippen molar-refractivity contribution < 1.29 is 9.90 Å². The van der Waals surface area contributed by atoms with Gasteiger partial charge in [0.15, 0.2) is 0 Å². The van der Waals surface area contributed by atoms with E-state index in [2.05, 4.69) is 18.7 Å². The van der Waals surface area contributed by atoms with Gasteiger partial charge in [-0.3, -0.25) is 4.79 Å². The number of hydrogen-bond acceptors (Lipinski definition) is 2. The van der Waals surface area contributed by atoms with Crippen LogP contribution < -0.4 is 0 Å². The first kappa shape index (κ1) is 12.5. The first-order valence-electron chi connectivity index (χ1n) is 5.96. The lowest BCUT2D eigenvalue weighted by atomic mass is 9.86. The molecule has 88 valence electrons. The Morgan fingerprint density at radius 2 is 1.87 bits per heavy atom. The normalized spacial score (nSPS) is 21.9. The molecule has 0 amide bonds. The summed E-state index contributed by atoms with van der Waals surface area (Å²) in [6.07, 6.45) is 2.72. The highest BCUT2D eigenvalue weighted by molar-refractivity contribution is 5.67. The summed E-state index contributed by atoms with van der Waals surface area (Å²) in [6, 6.07) is 0.190. The van der Waals surface area contributed by atoms with E-state index in [1.54, 1.807) is 0 Å². The van der Waals surface area contributed by atoms with E-state index in [4.69, 9.17) is 5.11 Å². The highest BCUT2D eigenvalue weighted by Crippen LogP contribution is 2.25. The lowest BCUT2D eigenvalue weighted by Crippen LogP contribution is -2.41. The first-order chi connectivity index (χ1) is 7.00. The maximum absolute atomic E-state index is 10.6. The quantitative estimate of drug-likeness (QED) is 0.778. The lowest BCUT2D eigenvalue weighted by Gasteiger charge is -2.37. The van der Waals surface area contributed by atoms with Crippen LogP contribution in [0, 0.1) is 11.8 Å². The highest BCUT2D eigenvalue weighted by atomic mass is 16.4. The summed E-state index contributed by atoms with van der Waals surface area (Å²) in [5.41, 5.74) is 0. The Labute approximate surface area is 92.5 Å². The zero-order valence-electron chi connectivity index (χ0n) is 10.1. The van der Waals surface area contributed by atoms with E-state index < -0.39 is 5.97 Å². The van der Waals surface area contributed by atoms with Crippen LogP contribution in [0.3, 0.4) is 0 Å². The van der Waals surface area contributed by atoms with Crippen LogP contribution in [0.1, 0.15) is 40.0 Å². The molecule has 1 fully saturated rings. The zero-order chi connectivity index (χ0) is 11.4. The van der Waals surface area contributed by atoms with Gasteiger partial charge in [-0.2, -0.15) is 0 Å². The van der Waals surface area contributed by atoms with E-state index in [0.717, 1.165) is 24.9 Å². The van der Waals surface area contributed by atoms with Gasteiger partial charge in [0, 0.05) is 6.04 Å². The first-order valence-corrected chi connectivity index (χ1v) is 5.96. The Balaban J connectivity index is 2.33. The Kier molecular flexibility index (Phi) is 4.58. The van der Waals surface area contributed by atoms with Crippen molar-refractivity contribution in [3.8, 4) is 0 Å². The molecule has 1 atom stereocenters. The summed E-state index contributed by atoms with van der Waals surface area (Å²) < 4.78 is 0. The van der Waals surface area contributed by atoms with Crippen LogP contribution in [0.5, 0.6) is 0 Å². The molecule has 1 aliphatic heterocycles. The fourth-order valence-electron chi connectivity index (χ4n) is 2.41. The maximum atomic E-state index is 10.6. The van der Waals surface area contributed by atoms with Crippen LogP contribution in [0.4, 0.5) is 0 Å². The van der Waals surface area contributed by atoms with Crippen LogP contribution in [0.25, 0.3) is 0 Å². The highest BCUT2D eigenvalue weighted by Gasteiger charge is 2.25. The van der Waals surface area contributed by atoms with Crippen molar-refractivity contribution in [3.05, 3.63) is 0 Å². The van der Waals surface area contributed by atoms with Gasteiger partial charge in [0.1, 0.15) is 0 Å². The molecule has 1 saturated heterocycles. The number of carboxylic acid groups (broad SMARTS) is 1. The van der Waals surface area contributed by atoms with E-state index in [-0.39, 0.29) is 12.5 Å². The SMILES string of the molecule is CC(C)C1CCN(C(C)CC(=O)O)CC1. The van der Waals surface area contributed by atoms with Gasteiger partial charge in [-0.05, 0) is 44.7 Å². The number of carboxylic acids is 1. The third-order valence-electron chi connectivity index (χ3n) is 3.61. The molecule has 15 heavy (non-hydrogen) atoms. The molecule has 0 radical (unpaired) electrons. The van der Waals surface area contributed by atoms with Crippen molar-refractivity contribution in [2.75, 3.05) is 13.1 Å². The van der Waals surface area contributed by atoms with Crippen molar-refractivity contribution in [2.24, 2.45) is 11.8 Å². The Bertz CT molecular complexity index is 208. The number of nitrogens with zero attached hydrogens (tertiary/aromatic N) is 1. The molecule has 0 spiro atoms. The van der Waals surface area contributed by atoms with Crippen molar-refractivity contribution in [1.29, 1.82) is 0 Å². The van der Waals surface area contributed by atoms with Gasteiger partial charge in [-0.15, -0.1) is 0 Å². The van der Waals surface area contributed by atoms with Crippen LogP contribution in [0.2, 0.25) is 0 Å². The monoisotopic (exact) mass is 213 g/mol. The number of piperidine rings is 1. The van der Waals surface area contributed by atoms with Crippen molar-refractivity contribution in [3.63, 3.8) is 0 Å². The molecule has 1 rings (SSSR count). The summed E-state index contributed by atoms with van der Waals surface area (Å²) in [7, 11) is 0. The molecule has 0 aromatic rings. The van der Waals surface area contributed by atoms with Crippen LogP contribution in [0.15, 0.2) is 0 Å². The summed E-state index contributed by atoms with van der Waals surface area (Å²) in [5, 5.41) is 8.73. The second-order valence-corrected chi connectivity index (χ2v) is 5.06. The molecule has 1 heterocycles. The van der Waals surface area contributed by atoms with E-state index in [9.17, 15) is 4.79 Å². The van der Waals surface area contributed by atoms with E-state index in [1.807, 2.05) is 6.92 Å². The zero-order valence-corrected chi connectivity index (χ0v) is 10.1. The Hall–Kier alpha value is -0.570. The smallest absolute Gasteiger partial charge is 0.304 e. The van der Waals surface area contributed by atoms with Gasteiger partial charge in [-0.25, -0.2) is 0 Å². The van der Waals surface area contributed by atoms with Gasteiger partial charge < -0.3 is 10.0 Å². The molecule has 1 unspecified atom stereocenters. The maximum Gasteiger partial charge on any atom is 0.304 e. The molecule has 0 aromatic heterocycles. The van der Waals surface area contributed by atoms with Gasteiger partial charge in [-0.1, -0.05) is 13.8 Å². The second-order valence-electron chi connectivity index (χ2n) is 5.06. The molecular formula is C12H23NO2. The predicted octanol–water partition coefficient (Wildman–Crippen LogP) is 2.22. The molecule has 3 heteroatoms. The molecule has 0 bridgehead atoms. The van der Waals surface area contributed by atoms with Gasteiger partial charge in [0.25, 0.3) is 0 Å². The van der Waals surface area contributed by atoms with E-state index in [0.29, 0.717) is 0 Å². The number of aliphatic carboxylic acids is 1. The van der Waals surface area contributed by atoms with Crippen molar-refractivity contribution >= 4 is 5.97 Å². The number of rotatable bonds is 4. The number of carbonyl (C=O) groups is 1. The molecule has 1 aliphatic rings. The summed E-state index contributed by atoms with van der Waals surface area (Å²) >= 11 is 0. The minimum absolute atomic E-state index is 0.190. The minimum Gasteiger partial charge on any atom is -0.481 e. The third kappa shape index (κ3) is 3.82. The molecule has 0 aliphatic carbocycles. The van der Waals surface area contributed by atoms with Crippen molar-refractivity contribution in [1.82, 2.24) is 4.90 Å². The molecule has 3 nitrogen and oxygen atoms in total. The van der Waals surface area contributed by atoms with Crippen molar-refractivity contribution in [2.45, 2.75) is 46.1 Å². The molecule has 1 N–H and O–H groups in total. The van der Waals surface area contributed by atoms with E-state index >= 15 is 0 Å². The Morgan fingerprint density at radius 3 is 2.27 bits per heavy atom. The molecule has 0 saturated carbocycles. The second kappa shape index (κ2) is 5.50. The standard InChI is InChI=1S/C12H23NO2/c1-9(2)11-4-6-13(7-5-11)10(3)8-12(14)15/h9-11H,4-8H2,1-3H3,(H,14,15). The average molecular weight is 213 g/mol. The summed E-state index contributed by atoms with van der Waals surface area (Å²) in [4.78, 5) is 12.9. The van der Waals surface area contributed by atoms with Gasteiger partial charge >= 0.3 is 5.97 Å². The summed E-state index contributed by atoms with van der Waals surface area (Å²) in [5.74, 6) is 0.911. The van der Waals surface area contributed by atoms with Gasteiger partial charge in [0.2, 0.25) is 0 Å². The van der Waals surface area contributed by atoms with Gasteiger partial charge in [0.05, 0.1) is 6.42 Å². The molecular weight excluding hydrogens is 190 g/mol. The summed E-state index contributed by atoms with van der Waals surface area (Å²) in [6.45, 7) is 8.71. The minimum atomic E-state index is -0.687. The fraction of sp³-hybridized carbons (Fsp3) is 0.917.